The van der Waals surface area contributed by atoms with Gasteiger partial charge in [0, 0.05) is 6.04 Å². The van der Waals surface area contributed by atoms with Gasteiger partial charge in [0.2, 0.25) is 0 Å². The molecular weight excluding hydrogens is 238 g/mol. The van der Waals surface area contributed by atoms with Gasteiger partial charge in [0.25, 0.3) is 0 Å². The maximum absolute atomic E-state index is 13.6. The summed E-state index contributed by atoms with van der Waals surface area (Å²) in [4.78, 5) is 0. The Hall–Kier alpha value is -1.67. The summed E-state index contributed by atoms with van der Waals surface area (Å²) in [5, 5.41) is 8.60. The Morgan fingerprint density at radius 3 is 2.39 bits per heavy atom. The summed E-state index contributed by atoms with van der Waals surface area (Å²) in [6, 6.07) is 3.42. The fourth-order valence-electron chi connectivity index (χ4n) is 2.16. The molecule has 2 atom stereocenters. The van der Waals surface area contributed by atoms with Gasteiger partial charge in [-0.3, -0.25) is 0 Å². The fourth-order valence-corrected chi connectivity index (χ4v) is 2.16. The van der Waals surface area contributed by atoms with Crippen molar-refractivity contribution in [2.24, 2.45) is 5.73 Å². The van der Waals surface area contributed by atoms with Gasteiger partial charge in [-0.2, -0.15) is 5.26 Å². The molecule has 1 aliphatic carbocycles. The van der Waals surface area contributed by atoms with Crippen molar-refractivity contribution in [2.45, 2.75) is 37.8 Å². The van der Waals surface area contributed by atoms with Crippen molar-refractivity contribution < 1.29 is 13.5 Å². The number of benzene rings is 1. The molecule has 0 saturated heterocycles. The van der Waals surface area contributed by atoms with Crippen molar-refractivity contribution >= 4 is 0 Å². The Morgan fingerprint density at radius 2 is 1.83 bits per heavy atom. The zero-order valence-electron chi connectivity index (χ0n) is 9.83. The number of nitrogens with zero attached hydrogens (tertiary/aromatic N) is 1. The highest BCUT2D eigenvalue weighted by molar-refractivity contribution is 5.37. The van der Waals surface area contributed by atoms with E-state index in [2.05, 4.69) is 0 Å². The average molecular weight is 252 g/mol. The third-order valence-electron chi connectivity index (χ3n) is 3.15. The van der Waals surface area contributed by atoms with Gasteiger partial charge in [-0.15, -0.1) is 0 Å². The lowest BCUT2D eigenvalue weighted by Crippen LogP contribution is -2.41. The molecule has 0 heterocycles. The van der Waals surface area contributed by atoms with Crippen molar-refractivity contribution in [1.29, 1.82) is 5.26 Å². The number of hydrogen-bond acceptors (Lipinski definition) is 3. The molecule has 2 unspecified atom stereocenters. The van der Waals surface area contributed by atoms with E-state index >= 15 is 0 Å². The molecule has 2 rings (SSSR count). The van der Waals surface area contributed by atoms with E-state index in [-0.39, 0.29) is 17.7 Å². The standard InChI is InChI=1S/C13H14F2N2O/c14-9-5-8(7-16)6-10(15)13(9)18-12-4-2-1-3-11(12)17/h5-6,11-12H,1-4,17H2. The third kappa shape index (κ3) is 2.59. The van der Waals surface area contributed by atoms with E-state index < -0.39 is 17.4 Å². The molecule has 3 nitrogen and oxygen atoms in total. The van der Waals surface area contributed by atoms with Gasteiger partial charge in [0.15, 0.2) is 17.4 Å². The second kappa shape index (κ2) is 5.32. The molecule has 0 aliphatic heterocycles. The maximum Gasteiger partial charge on any atom is 0.191 e. The van der Waals surface area contributed by atoms with Crippen LogP contribution in [0.1, 0.15) is 31.2 Å². The molecule has 2 N–H and O–H groups in total. The molecule has 0 bridgehead atoms. The van der Waals surface area contributed by atoms with Crippen molar-refractivity contribution in [3.63, 3.8) is 0 Å². The predicted molar refractivity (Wildman–Crippen MR) is 61.9 cm³/mol. The summed E-state index contributed by atoms with van der Waals surface area (Å²) in [6.45, 7) is 0. The van der Waals surface area contributed by atoms with Crippen LogP contribution >= 0.6 is 0 Å². The Balaban J connectivity index is 2.21. The summed E-state index contributed by atoms with van der Waals surface area (Å²) >= 11 is 0. The van der Waals surface area contributed by atoms with Crippen LogP contribution in [-0.4, -0.2) is 12.1 Å². The van der Waals surface area contributed by atoms with E-state index in [0.29, 0.717) is 6.42 Å². The van der Waals surface area contributed by atoms with Gasteiger partial charge in [-0.05, 0) is 31.4 Å². The molecule has 0 amide bonds. The molecule has 0 radical (unpaired) electrons. The Bertz CT molecular complexity index is 461. The van der Waals surface area contributed by atoms with E-state index in [4.69, 9.17) is 15.7 Å². The highest BCUT2D eigenvalue weighted by Gasteiger charge is 2.26. The monoisotopic (exact) mass is 252 g/mol. The number of hydrogen-bond donors (Lipinski definition) is 1. The van der Waals surface area contributed by atoms with Gasteiger partial charge in [-0.1, -0.05) is 6.42 Å². The van der Waals surface area contributed by atoms with E-state index in [0.717, 1.165) is 31.4 Å². The Labute approximate surface area is 104 Å². The zero-order chi connectivity index (χ0) is 13.1. The number of nitriles is 1. The lowest BCUT2D eigenvalue weighted by Gasteiger charge is -2.29. The molecule has 18 heavy (non-hydrogen) atoms. The molecule has 0 spiro atoms. The Kier molecular flexibility index (Phi) is 3.78. The Morgan fingerprint density at radius 1 is 1.22 bits per heavy atom. The van der Waals surface area contributed by atoms with Crippen molar-refractivity contribution in [3.8, 4) is 11.8 Å². The van der Waals surface area contributed by atoms with Crippen molar-refractivity contribution in [1.82, 2.24) is 0 Å². The van der Waals surface area contributed by atoms with Gasteiger partial charge < -0.3 is 10.5 Å². The fraction of sp³-hybridized carbons (Fsp3) is 0.462. The number of nitrogens with two attached hydrogens (primary N) is 1. The molecule has 1 aromatic carbocycles. The van der Waals surface area contributed by atoms with Crippen LogP contribution in [-0.2, 0) is 0 Å². The molecule has 96 valence electrons. The second-order valence-corrected chi connectivity index (χ2v) is 4.49. The molecule has 5 heteroatoms. The summed E-state index contributed by atoms with van der Waals surface area (Å²) in [5.41, 5.74) is 5.80. The van der Waals surface area contributed by atoms with Crippen LogP contribution in [0.4, 0.5) is 8.78 Å². The van der Waals surface area contributed by atoms with Crippen molar-refractivity contribution in [3.05, 3.63) is 29.3 Å². The first-order valence-electron chi connectivity index (χ1n) is 5.93. The number of rotatable bonds is 2. The first kappa shape index (κ1) is 12.8. The maximum atomic E-state index is 13.6. The molecule has 1 aromatic rings. The van der Waals surface area contributed by atoms with Crippen LogP contribution in [0.15, 0.2) is 12.1 Å². The number of ether oxygens (including phenoxy) is 1. The van der Waals surface area contributed by atoms with Crippen LogP contribution in [0, 0.1) is 23.0 Å². The lowest BCUT2D eigenvalue weighted by atomic mass is 9.93. The van der Waals surface area contributed by atoms with E-state index in [1.807, 2.05) is 0 Å². The summed E-state index contributed by atoms with van der Waals surface area (Å²) < 4.78 is 32.6. The van der Waals surface area contributed by atoms with Gasteiger partial charge in [0.1, 0.15) is 6.10 Å². The largest absolute Gasteiger partial charge is 0.483 e. The van der Waals surface area contributed by atoms with Gasteiger partial charge in [-0.25, -0.2) is 8.78 Å². The van der Waals surface area contributed by atoms with E-state index in [1.165, 1.54) is 0 Å². The number of halogens is 2. The minimum absolute atomic E-state index is 0.0645. The van der Waals surface area contributed by atoms with E-state index in [9.17, 15) is 8.78 Å². The molecule has 1 aliphatic rings. The summed E-state index contributed by atoms with van der Waals surface area (Å²) in [7, 11) is 0. The van der Waals surface area contributed by atoms with Crippen LogP contribution in [0.25, 0.3) is 0 Å². The highest BCUT2D eigenvalue weighted by Crippen LogP contribution is 2.28. The molecular formula is C13H14F2N2O. The second-order valence-electron chi connectivity index (χ2n) is 4.49. The highest BCUT2D eigenvalue weighted by atomic mass is 19.1. The smallest absolute Gasteiger partial charge is 0.191 e. The van der Waals surface area contributed by atoms with Crippen molar-refractivity contribution in [2.75, 3.05) is 0 Å². The van der Waals surface area contributed by atoms with Gasteiger partial charge >= 0.3 is 0 Å². The summed E-state index contributed by atoms with van der Waals surface area (Å²) in [5.74, 6) is -2.15. The normalized spacial score (nSPS) is 23.4. The zero-order valence-corrected chi connectivity index (χ0v) is 9.83. The topological polar surface area (TPSA) is 59.0 Å². The van der Waals surface area contributed by atoms with Crippen LogP contribution < -0.4 is 10.5 Å². The van der Waals surface area contributed by atoms with Crippen LogP contribution in [0.3, 0.4) is 0 Å². The first-order valence-corrected chi connectivity index (χ1v) is 5.93. The van der Waals surface area contributed by atoms with Crippen LogP contribution in [0.2, 0.25) is 0 Å². The molecule has 0 aromatic heterocycles. The lowest BCUT2D eigenvalue weighted by molar-refractivity contribution is 0.121. The SMILES string of the molecule is N#Cc1cc(F)c(OC2CCCCC2N)c(F)c1. The molecule has 1 saturated carbocycles. The predicted octanol–water partition coefficient (Wildman–Crippen LogP) is 2.49. The third-order valence-corrected chi connectivity index (χ3v) is 3.15. The minimum atomic E-state index is -0.857. The van der Waals surface area contributed by atoms with E-state index in [1.54, 1.807) is 6.07 Å². The minimum Gasteiger partial charge on any atom is -0.483 e. The van der Waals surface area contributed by atoms with Gasteiger partial charge in [0.05, 0.1) is 11.6 Å². The summed E-state index contributed by atoms with van der Waals surface area (Å²) in [6.07, 6.45) is 3.08. The quantitative estimate of drug-likeness (QED) is 0.879. The average Bonchev–Trinajstić information content (AvgIpc) is 2.35. The first-order chi connectivity index (χ1) is 8.61. The van der Waals surface area contributed by atoms with Crippen LogP contribution in [0.5, 0.6) is 5.75 Å². The molecule has 1 fully saturated rings.